The van der Waals surface area contributed by atoms with Crippen LogP contribution < -0.4 is 11.1 Å². The van der Waals surface area contributed by atoms with Gasteiger partial charge in [-0.3, -0.25) is 4.98 Å². The van der Waals surface area contributed by atoms with Gasteiger partial charge in [0.2, 0.25) is 0 Å². The minimum Gasteiger partial charge on any atom is -0.389 e. The van der Waals surface area contributed by atoms with Gasteiger partial charge >= 0.3 is 0 Å². The summed E-state index contributed by atoms with van der Waals surface area (Å²) in [6.07, 6.45) is 3.97. The molecule has 0 aliphatic rings. The van der Waals surface area contributed by atoms with E-state index in [-0.39, 0.29) is 0 Å². The number of ether oxygens (including phenoxy) is 1. The Kier molecular flexibility index (Phi) is 5.90. The van der Waals surface area contributed by atoms with Crippen molar-refractivity contribution in [3.05, 3.63) is 36.0 Å². The number of hydrogen-bond acceptors (Lipinski definition) is 4. The zero-order valence-corrected chi connectivity index (χ0v) is 13.1. The number of thiocarbonyl (C=S) groups is 1. The third kappa shape index (κ3) is 4.12. The summed E-state index contributed by atoms with van der Waals surface area (Å²) in [6, 6.07) is 7.94. The first-order chi connectivity index (χ1) is 10.2. The van der Waals surface area contributed by atoms with E-state index >= 15 is 0 Å². The number of nitrogens with one attached hydrogen (secondary N) is 1. The van der Waals surface area contributed by atoms with Crippen LogP contribution in [0.1, 0.15) is 25.3 Å². The number of hydrogen-bond donors (Lipinski definition) is 2. The van der Waals surface area contributed by atoms with Gasteiger partial charge in [-0.25, -0.2) is 0 Å². The predicted octanol–water partition coefficient (Wildman–Crippen LogP) is 3.10. The summed E-state index contributed by atoms with van der Waals surface area (Å²) in [6.45, 7) is 4.33. The molecule has 0 fully saturated rings. The maximum Gasteiger partial charge on any atom is 0.107 e. The van der Waals surface area contributed by atoms with E-state index in [2.05, 4.69) is 17.2 Å². The smallest absolute Gasteiger partial charge is 0.107 e. The summed E-state index contributed by atoms with van der Waals surface area (Å²) in [7, 11) is 0. The number of pyridine rings is 1. The molecule has 3 N–H and O–H groups in total. The Balaban J connectivity index is 2.12. The van der Waals surface area contributed by atoms with E-state index < -0.39 is 0 Å². The van der Waals surface area contributed by atoms with Gasteiger partial charge in [0, 0.05) is 24.7 Å². The SMILES string of the molecule is CCCCOCCNc1c(C(N)=S)cnc2ccccc12. The van der Waals surface area contributed by atoms with Gasteiger partial charge in [-0.2, -0.15) is 0 Å². The van der Waals surface area contributed by atoms with E-state index in [1.54, 1.807) is 6.20 Å². The molecular weight excluding hydrogens is 282 g/mol. The largest absolute Gasteiger partial charge is 0.389 e. The highest BCUT2D eigenvalue weighted by Gasteiger charge is 2.10. The van der Waals surface area contributed by atoms with E-state index in [4.69, 9.17) is 22.7 Å². The molecule has 5 heteroatoms. The number of fused-ring (bicyclic) bond motifs is 1. The van der Waals surface area contributed by atoms with Crippen molar-refractivity contribution < 1.29 is 4.74 Å². The van der Waals surface area contributed by atoms with Crippen LogP contribution in [-0.4, -0.2) is 29.7 Å². The molecule has 1 heterocycles. The highest BCUT2D eigenvalue weighted by Crippen LogP contribution is 2.25. The predicted molar refractivity (Wildman–Crippen MR) is 91.8 cm³/mol. The fraction of sp³-hybridized carbons (Fsp3) is 0.375. The molecule has 0 radical (unpaired) electrons. The first kappa shape index (κ1) is 15.7. The molecule has 0 saturated heterocycles. The average Bonchev–Trinajstić information content (AvgIpc) is 2.50. The first-order valence-electron chi connectivity index (χ1n) is 7.23. The lowest BCUT2D eigenvalue weighted by atomic mass is 10.1. The van der Waals surface area contributed by atoms with E-state index in [1.807, 2.05) is 24.3 Å². The topological polar surface area (TPSA) is 60.2 Å². The fourth-order valence-electron chi connectivity index (χ4n) is 2.12. The van der Waals surface area contributed by atoms with Crippen LogP contribution in [0.4, 0.5) is 5.69 Å². The number of anilines is 1. The maximum atomic E-state index is 5.80. The molecule has 0 bridgehead atoms. The molecular formula is C16H21N3OS. The molecule has 1 aromatic heterocycles. The second kappa shape index (κ2) is 7.90. The summed E-state index contributed by atoms with van der Waals surface area (Å²) in [4.78, 5) is 4.74. The molecule has 0 saturated carbocycles. The van der Waals surface area contributed by atoms with E-state index in [9.17, 15) is 0 Å². The van der Waals surface area contributed by atoms with Crippen LogP contribution in [0.5, 0.6) is 0 Å². The Labute approximate surface area is 130 Å². The number of benzene rings is 1. The first-order valence-corrected chi connectivity index (χ1v) is 7.64. The zero-order valence-electron chi connectivity index (χ0n) is 12.3. The summed E-state index contributed by atoms with van der Waals surface area (Å²) in [5.74, 6) is 0. The maximum absolute atomic E-state index is 5.80. The molecule has 2 aromatic rings. The molecule has 0 aliphatic heterocycles. The van der Waals surface area contributed by atoms with Crippen LogP contribution in [0, 0.1) is 0 Å². The molecule has 21 heavy (non-hydrogen) atoms. The van der Waals surface area contributed by atoms with Gasteiger partial charge in [-0.1, -0.05) is 43.8 Å². The van der Waals surface area contributed by atoms with Crippen molar-refractivity contribution in [1.82, 2.24) is 4.98 Å². The molecule has 0 spiro atoms. The molecule has 0 amide bonds. The zero-order chi connectivity index (χ0) is 15.1. The molecule has 0 aliphatic carbocycles. The standard InChI is InChI=1S/C16H21N3OS/c1-2-3-9-20-10-8-18-15-12-6-4-5-7-14(12)19-11-13(15)16(17)21/h4-7,11H,2-3,8-10H2,1H3,(H2,17,21)(H,18,19). The lowest BCUT2D eigenvalue weighted by Crippen LogP contribution is -2.17. The number of nitrogens with zero attached hydrogens (tertiary/aromatic N) is 1. The molecule has 2 rings (SSSR count). The van der Waals surface area contributed by atoms with Gasteiger partial charge in [0.15, 0.2) is 0 Å². The van der Waals surface area contributed by atoms with Crippen LogP contribution in [0.15, 0.2) is 30.5 Å². The van der Waals surface area contributed by atoms with Crippen molar-refractivity contribution in [2.75, 3.05) is 25.1 Å². The number of nitrogens with two attached hydrogens (primary N) is 1. The Morgan fingerprint density at radius 2 is 2.14 bits per heavy atom. The van der Waals surface area contributed by atoms with Crippen LogP contribution in [0.2, 0.25) is 0 Å². The van der Waals surface area contributed by atoms with Crippen molar-refractivity contribution in [2.24, 2.45) is 5.73 Å². The second-order valence-electron chi connectivity index (χ2n) is 4.82. The van der Waals surface area contributed by atoms with Crippen molar-refractivity contribution >= 4 is 33.8 Å². The minimum atomic E-state index is 0.350. The Morgan fingerprint density at radius 1 is 1.33 bits per heavy atom. The van der Waals surface area contributed by atoms with Crippen molar-refractivity contribution in [1.29, 1.82) is 0 Å². The average molecular weight is 303 g/mol. The Hall–Kier alpha value is -1.72. The van der Waals surface area contributed by atoms with Crippen LogP contribution >= 0.6 is 12.2 Å². The lowest BCUT2D eigenvalue weighted by molar-refractivity contribution is 0.141. The summed E-state index contributed by atoms with van der Waals surface area (Å²) in [5.41, 5.74) is 8.43. The van der Waals surface area contributed by atoms with Gasteiger partial charge in [0.25, 0.3) is 0 Å². The second-order valence-corrected chi connectivity index (χ2v) is 5.26. The molecule has 0 unspecified atom stereocenters. The molecule has 112 valence electrons. The number of unbranched alkanes of at least 4 members (excludes halogenated alkanes) is 1. The lowest BCUT2D eigenvalue weighted by Gasteiger charge is -2.14. The van der Waals surface area contributed by atoms with Gasteiger partial charge < -0.3 is 15.8 Å². The summed E-state index contributed by atoms with van der Waals surface area (Å²) < 4.78 is 5.57. The quantitative estimate of drug-likeness (QED) is 0.579. The number of rotatable bonds is 8. The van der Waals surface area contributed by atoms with Gasteiger partial charge in [-0.05, 0) is 12.5 Å². The third-order valence-electron chi connectivity index (χ3n) is 3.23. The Bertz CT molecular complexity index is 615. The normalized spacial score (nSPS) is 10.7. The summed E-state index contributed by atoms with van der Waals surface area (Å²) >= 11 is 5.12. The van der Waals surface area contributed by atoms with E-state index in [1.165, 1.54) is 0 Å². The molecule has 1 aromatic carbocycles. The molecule has 0 atom stereocenters. The van der Waals surface area contributed by atoms with E-state index in [0.29, 0.717) is 18.1 Å². The van der Waals surface area contributed by atoms with Gasteiger partial charge in [0.05, 0.1) is 23.4 Å². The third-order valence-corrected chi connectivity index (χ3v) is 3.45. The highest BCUT2D eigenvalue weighted by atomic mass is 32.1. The van der Waals surface area contributed by atoms with E-state index in [0.717, 1.165) is 41.6 Å². The van der Waals surface area contributed by atoms with Crippen LogP contribution in [0.25, 0.3) is 10.9 Å². The van der Waals surface area contributed by atoms with Crippen molar-refractivity contribution in [3.63, 3.8) is 0 Å². The van der Waals surface area contributed by atoms with Gasteiger partial charge in [0.1, 0.15) is 4.99 Å². The monoisotopic (exact) mass is 303 g/mol. The highest BCUT2D eigenvalue weighted by molar-refractivity contribution is 7.80. The van der Waals surface area contributed by atoms with Crippen LogP contribution in [0.3, 0.4) is 0 Å². The summed E-state index contributed by atoms with van der Waals surface area (Å²) in [5, 5.41) is 4.41. The van der Waals surface area contributed by atoms with Crippen molar-refractivity contribution in [2.45, 2.75) is 19.8 Å². The van der Waals surface area contributed by atoms with Crippen molar-refractivity contribution in [3.8, 4) is 0 Å². The number of para-hydroxylation sites is 1. The molecule has 4 nitrogen and oxygen atoms in total. The van der Waals surface area contributed by atoms with Crippen LogP contribution in [-0.2, 0) is 4.74 Å². The minimum absolute atomic E-state index is 0.350. The fourth-order valence-corrected chi connectivity index (χ4v) is 2.27. The number of aromatic nitrogens is 1. The van der Waals surface area contributed by atoms with Gasteiger partial charge in [-0.15, -0.1) is 0 Å². The Morgan fingerprint density at radius 3 is 2.90 bits per heavy atom.